The summed E-state index contributed by atoms with van der Waals surface area (Å²) >= 11 is 0. The highest BCUT2D eigenvalue weighted by atomic mass is 16.4. The molecule has 2 bridgehead atoms. The Balaban J connectivity index is 1.24. The molecular formula is C20H24N4O2. The summed E-state index contributed by atoms with van der Waals surface area (Å²) in [5, 5.41) is 11.2. The highest BCUT2D eigenvalue weighted by Crippen LogP contribution is 2.66. The molecule has 6 nitrogen and oxygen atoms in total. The second kappa shape index (κ2) is 5.83. The number of anilines is 1. The lowest BCUT2D eigenvalue weighted by atomic mass is 9.81. The van der Waals surface area contributed by atoms with Crippen molar-refractivity contribution in [3.05, 3.63) is 30.3 Å². The van der Waals surface area contributed by atoms with Crippen LogP contribution >= 0.6 is 0 Å². The van der Waals surface area contributed by atoms with E-state index in [1.165, 1.54) is 25.7 Å². The minimum absolute atomic E-state index is 0.136. The number of hydrogen-bond acceptors (Lipinski definition) is 5. The largest absolute Gasteiger partial charge is 0.403 e. The van der Waals surface area contributed by atoms with Crippen molar-refractivity contribution in [2.24, 2.45) is 17.3 Å². The summed E-state index contributed by atoms with van der Waals surface area (Å²) < 4.78 is 5.67. The minimum Gasteiger partial charge on any atom is -0.403 e. The summed E-state index contributed by atoms with van der Waals surface area (Å²) in [6, 6.07) is 9.56. The Morgan fingerprint density at radius 3 is 2.54 bits per heavy atom. The molecule has 6 heteroatoms. The summed E-state index contributed by atoms with van der Waals surface area (Å²) in [6.07, 6.45) is 5.34. The first-order valence-corrected chi connectivity index (χ1v) is 9.60. The van der Waals surface area contributed by atoms with E-state index < -0.39 is 0 Å². The number of benzene rings is 1. The van der Waals surface area contributed by atoms with Crippen LogP contribution in [0.3, 0.4) is 0 Å². The number of carbonyl (C=O) groups is 1. The fourth-order valence-corrected chi connectivity index (χ4v) is 5.10. The van der Waals surface area contributed by atoms with Crippen molar-refractivity contribution < 1.29 is 9.21 Å². The predicted octanol–water partition coefficient (Wildman–Crippen LogP) is 3.19. The van der Waals surface area contributed by atoms with Gasteiger partial charge in [0.2, 0.25) is 11.8 Å². The molecule has 136 valence electrons. The van der Waals surface area contributed by atoms with E-state index in [2.05, 4.69) is 20.4 Å². The fraction of sp³-hybridized carbons (Fsp3) is 0.550. The maximum atomic E-state index is 12.9. The molecule has 3 aliphatic rings. The van der Waals surface area contributed by atoms with E-state index in [0.717, 1.165) is 18.7 Å². The van der Waals surface area contributed by atoms with Crippen LogP contribution in [0.4, 0.5) is 6.01 Å². The molecule has 26 heavy (non-hydrogen) atoms. The molecule has 1 aromatic heterocycles. The number of hydrogen-bond donors (Lipinski definition) is 1. The van der Waals surface area contributed by atoms with E-state index in [1.807, 2.05) is 37.3 Å². The van der Waals surface area contributed by atoms with Gasteiger partial charge in [0.1, 0.15) is 6.04 Å². The Kier molecular flexibility index (Phi) is 3.55. The van der Waals surface area contributed by atoms with Gasteiger partial charge in [0.05, 0.1) is 0 Å². The maximum Gasteiger partial charge on any atom is 0.316 e. The number of aromatic nitrogens is 2. The van der Waals surface area contributed by atoms with Gasteiger partial charge in [-0.3, -0.25) is 4.79 Å². The van der Waals surface area contributed by atoms with Gasteiger partial charge in [-0.2, -0.15) is 0 Å². The van der Waals surface area contributed by atoms with E-state index in [9.17, 15) is 4.79 Å². The van der Waals surface area contributed by atoms with Gasteiger partial charge in [-0.1, -0.05) is 23.3 Å². The minimum atomic E-state index is -0.369. The van der Waals surface area contributed by atoms with Crippen LogP contribution in [0.2, 0.25) is 0 Å². The van der Waals surface area contributed by atoms with Crippen LogP contribution in [0, 0.1) is 17.3 Å². The Morgan fingerprint density at radius 2 is 1.88 bits per heavy atom. The molecule has 3 fully saturated rings. The highest BCUT2D eigenvalue weighted by Gasteiger charge is 2.61. The van der Waals surface area contributed by atoms with Gasteiger partial charge in [0.15, 0.2) is 0 Å². The standard InChI is InChI=1S/C20H24N4O2/c1-13(21-19-23-22-17(26-19)14-5-3-2-4-6-14)18(25)24-11-15-7-8-16(12-24)20(15)9-10-20/h2-6,13,15-16H,7-12H2,1H3,(H,21,23)/t13-,15?,16?/m1/s1. The van der Waals surface area contributed by atoms with Crippen molar-refractivity contribution in [1.29, 1.82) is 0 Å². The average Bonchev–Trinajstić information content (AvgIpc) is 3.28. The Bertz CT molecular complexity index is 798. The topological polar surface area (TPSA) is 71.3 Å². The monoisotopic (exact) mass is 352 g/mol. The molecule has 2 unspecified atom stereocenters. The normalized spacial score (nSPS) is 26.7. The van der Waals surface area contributed by atoms with Crippen LogP contribution in [0.25, 0.3) is 11.5 Å². The maximum absolute atomic E-state index is 12.9. The molecule has 0 radical (unpaired) electrons. The quantitative estimate of drug-likeness (QED) is 0.915. The van der Waals surface area contributed by atoms with Gasteiger partial charge >= 0.3 is 6.01 Å². The Labute approximate surface area is 153 Å². The molecular weight excluding hydrogens is 328 g/mol. The van der Waals surface area contributed by atoms with Crippen LogP contribution in [-0.2, 0) is 4.79 Å². The number of nitrogens with zero attached hydrogens (tertiary/aromatic N) is 3. The van der Waals surface area contributed by atoms with Crippen molar-refractivity contribution in [1.82, 2.24) is 15.1 Å². The number of piperidine rings is 1. The molecule has 2 heterocycles. The second-order valence-electron chi connectivity index (χ2n) is 8.09. The number of nitrogens with one attached hydrogen (secondary N) is 1. The molecule has 1 amide bonds. The fourth-order valence-electron chi connectivity index (χ4n) is 5.10. The molecule has 2 aliphatic carbocycles. The third-order valence-corrected chi connectivity index (χ3v) is 6.67. The summed E-state index contributed by atoms with van der Waals surface area (Å²) in [4.78, 5) is 15.0. The first-order chi connectivity index (χ1) is 12.7. The summed E-state index contributed by atoms with van der Waals surface area (Å²) in [5.74, 6) is 2.02. The number of carbonyl (C=O) groups excluding carboxylic acids is 1. The van der Waals surface area contributed by atoms with Gasteiger partial charge in [-0.15, -0.1) is 5.10 Å². The molecule has 1 N–H and O–H groups in total. The van der Waals surface area contributed by atoms with Crippen molar-refractivity contribution in [2.45, 2.75) is 38.6 Å². The smallest absolute Gasteiger partial charge is 0.316 e. The van der Waals surface area contributed by atoms with Crippen molar-refractivity contribution in [3.63, 3.8) is 0 Å². The first-order valence-electron chi connectivity index (χ1n) is 9.60. The molecule has 2 aromatic rings. The van der Waals surface area contributed by atoms with E-state index in [1.54, 1.807) is 0 Å². The van der Waals surface area contributed by atoms with Gasteiger partial charge in [0.25, 0.3) is 0 Å². The molecule has 1 aliphatic heterocycles. The zero-order chi connectivity index (χ0) is 17.7. The van der Waals surface area contributed by atoms with Gasteiger partial charge < -0.3 is 14.6 Å². The second-order valence-corrected chi connectivity index (χ2v) is 8.09. The van der Waals surface area contributed by atoms with Gasteiger partial charge in [-0.05, 0) is 62.0 Å². The van der Waals surface area contributed by atoms with Crippen LogP contribution < -0.4 is 5.32 Å². The van der Waals surface area contributed by atoms with Crippen molar-refractivity contribution in [2.75, 3.05) is 18.4 Å². The lowest BCUT2D eigenvalue weighted by Crippen LogP contribution is -2.50. The number of likely N-dealkylation sites (tertiary alicyclic amines) is 1. The Hall–Kier alpha value is -2.37. The molecule has 2 saturated carbocycles. The molecule has 1 saturated heterocycles. The lowest BCUT2D eigenvalue weighted by molar-refractivity contribution is -0.135. The zero-order valence-corrected chi connectivity index (χ0v) is 15.0. The molecule has 3 atom stereocenters. The molecule has 5 rings (SSSR count). The summed E-state index contributed by atoms with van der Waals surface area (Å²) in [5.41, 5.74) is 1.47. The Morgan fingerprint density at radius 1 is 1.19 bits per heavy atom. The van der Waals surface area contributed by atoms with Crippen LogP contribution in [0.1, 0.15) is 32.6 Å². The van der Waals surface area contributed by atoms with Crippen molar-refractivity contribution in [3.8, 4) is 11.5 Å². The van der Waals surface area contributed by atoms with Crippen LogP contribution in [-0.4, -0.2) is 40.1 Å². The van der Waals surface area contributed by atoms with Crippen molar-refractivity contribution >= 4 is 11.9 Å². The third-order valence-electron chi connectivity index (χ3n) is 6.67. The molecule has 1 spiro atoms. The average molecular weight is 352 g/mol. The number of amides is 1. The van der Waals surface area contributed by atoms with E-state index in [-0.39, 0.29) is 11.9 Å². The van der Waals surface area contributed by atoms with E-state index in [0.29, 0.717) is 29.2 Å². The summed E-state index contributed by atoms with van der Waals surface area (Å²) in [7, 11) is 0. The predicted molar refractivity (Wildman–Crippen MR) is 97.3 cm³/mol. The first kappa shape index (κ1) is 15.9. The summed E-state index contributed by atoms with van der Waals surface area (Å²) in [6.45, 7) is 3.71. The van der Waals surface area contributed by atoms with E-state index >= 15 is 0 Å². The SMILES string of the molecule is C[C@@H](Nc1nnc(-c2ccccc2)o1)C(=O)N1CC2CCC(C1)C21CC1. The number of rotatable bonds is 4. The zero-order valence-electron chi connectivity index (χ0n) is 15.0. The van der Waals surface area contributed by atoms with Crippen LogP contribution in [0.5, 0.6) is 0 Å². The third kappa shape index (κ3) is 2.50. The van der Waals surface area contributed by atoms with Gasteiger partial charge in [-0.25, -0.2) is 0 Å². The molecule has 1 aromatic carbocycles. The van der Waals surface area contributed by atoms with Gasteiger partial charge in [0, 0.05) is 18.7 Å². The lowest BCUT2D eigenvalue weighted by Gasteiger charge is -2.39. The van der Waals surface area contributed by atoms with Crippen LogP contribution in [0.15, 0.2) is 34.7 Å². The van der Waals surface area contributed by atoms with E-state index in [4.69, 9.17) is 4.42 Å². The highest BCUT2D eigenvalue weighted by molar-refractivity contribution is 5.84.